The van der Waals surface area contributed by atoms with Crippen LogP contribution in [0.2, 0.25) is 5.02 Å². The molecule has 1 saturated heterocycles. The lowest BCUT2D eigenvalue weighted by atomic mass is 9.90. The number of hydrogen-bond acceptors (Lipinski definition) is 6. The summed E-state index contributed by atoms with van der Waals surface area (Å²) >= 11 is 6.35. The second kappa shape index (κ2) is 9.22. The molecule has 1 aliphatic heterocycles. The monoisotopic (exact) mass is 408 g/mol. The van der Waals surface area contributed by atoms with Crippen LogP contribution in [0, 0.1) is 0 Å². The third-order valence-electron chi connectivity index (χ3n) is 4.92. The Balaban J connectivity index is 1.82. The van der Waals surface area contributed by atoms with Gasteiger partial charge in [0.2, 0.25) is 0 Å². The minimum Gasteiger partial charge on any atom is -0.494 e. The number of hydrogen-bond donors (Lipinski definition) is 4. The maximum Gasteiger partial charge on any atom is 0.119 e. The third kappa shape index (κ3) is 4.49. The van der Waals surface area contributed by atoms with Gasteiger partial charge in [-0.2, -0.15) is 0 Å². The van der Waals surface area contributed by atoms with Crippen LogP contribution >= 0.6 is 11.6 Å². The SMILES string of the molecule is CCOc1ccc(Cc2cc([C@@H]3O[C@@H](CO)[C@H](O)[C@@H](O)[C@@H]3O)ccc2Cl)cc1. The molecule has 0 saturated carbocycles. The van der Waals surface area contributed by atoms with Crippen molar-refractivity contribution < 1.29 is 29.9 Å². The average Bonchev–Trinajstić information content (AvgIpc) is 2.70. The Morgan fingerprint density at radius 1 is 1.00 bits per heavy atom. The molecule has 1 aliphatic rings. The molecule has 152 valence electrons. The van der Waals surface area contributed by atoms with E-state index in [1.807, 2.05) is 37.3 Å². The van der Waals surface area contributed by atoms with Gasteiger partial charge in [0.05, 0.1) is 13.2 Å². The summed E-state index contributed by atoms with van der Waals surface area (Å²) in [4.78, 5) is 0. The molecule has 0 amide bonds. The van der Waals surface area contributed by atoms with E-state index in [0.717, 1.165) is 16.9 Å². The van der Waals surface area contributed by atoms with E-state index < -0.39 is 37.1 Å². The van der Waals surface area contributed by atoms with Gasteiger partial charge in [0.25, 0.3) is 0 Å². The van der Waals surface area contributed by atoms with Crippen molar-refractivity contribution in [2.24, 2.45) is 0 Å². The predicted molar refractivity (Wildman–Crippen MR) is 105 cm³/mol. The van der Waals surface area contributed by atoms with Crippen molar-refractivity contribution >= 4 is 11.6 Å². The summed E-state index contributed by atoms with van der Waals surface area (Å²) in [5.41, 5.74) is 2.49. The Morgan fingerprint density at radius 2 is 1.71 bits per heavy atom. The molecule has 0 radical (unpaired) electrons. The highest BCUT2D eigenvalue weighted by Gasteiger charge is 2.43. The van der Waals surface area contributed by atoms with E-state index in [0.29, 0.717) is 23.6 Å². The summed E-state index contributed by atoms with van der Waals surface area (Å²) in [5.74, 6) is 0.799. The summed E-state index contributed by atoms with van der Waals surface area (Å²) in [6, 6.07) is 12.9. The summed E-state index contributed by atoms with van der Waals surface area (Å²) in [6.07, 6.45) is -5.39. The molecule has 0 bridgehead atoms. The molecule has 1 heterocycles. The van der Waals surface area contributed by atoms with Crippen LogP contribution in [-0.2, 0) is 11.2 Å². The minimum absolute atomic E-state index is 0.464. The maximum atomic E-state index is 10.3. The first-order valence-electron chi connectivity index (χ1n) is 9.25. The van der Waals surface area contributed by atoms with E-state index in [2.05, 4.69) is 0 Å². The van der Waals surface area contributed by atoms with Crippen molar-refractivity contribution in [2.45, 2.75) is 43.9 Å². The third-order valence-corrected chi connectivity index (χ3v) is 5.29. The molecular formula is C21H25ClO6. The van der Waals surface area contributed by atoms with Crippen LogP contribution in [0.3, 0.4) is 0 Å². The van der Waals surface area contributed by atoms with Gasteiger partial charge >= 0.3 is 0 Å². The van der Waals surface area contributed by atoms with Crippen LogP contribution in [0.5, 0.6) is 5.75 Å². The zero-order valence-corrected chi connectivity index (χ0v) is 16.3. The van der Waals surface area contributed by atoms with Crippen LogP contribution < -0.4 is 4.74 Å². The Hall–Kier alpha value is -1.67. The number of aliphatic hydroxyl groups is 4. The summed E-state index contributed by atoms with van der Waals surface area (Å²) in [5, 5.41) is 40.3. The molecule has 2 aromatic carbocycles. The number of rotatable bonds is 6. The van der Waals surface area contributed by atoms with Crippen LogP contribution in [0.25, 0.3) is 0 Å². The molecule has 28 heavy (non-hydrogen) atoms. The van der Waals surface area contributed by atoms with E-state index >= 15 is 0 Å². The van der Waals surface area contributed by atoms with Gasteiger partial charge in [-0.15, -0.1) is 0 Å². The fourth-order valence-corrected chi connectivity index (χ4v) is 3.56. The van der Waals surface area contributed by atoms with Crippen molar-refractivity contribution in [1.82, 2.24) is 0 Å². The highest BCUT2D eigenvalue weighted by atomic mass is 35.5. The molecule has 7 heteroatoms. The second-order valence-corrected chi connectivity index (χ2v) is 7.26. The van der Waals surface area contributed by atoms with Crippen molar-refractivity contribution in [3.8, 4) is 5.75 Å². The molecule has 3 rings (SSSR count). The second-order valence-electron chi connectivity index (χ2n) is 6.85. The van der Waals surface area contributed by atoms with Gasteiger partial charge in [0.15, 0.2) is 0 Å². The van der Waals surface area contributed by atoms with Crippen LogP contribution in [0.15, 0.2) is 42.5 Å². The topological polar surface area (TPSA) is 99.4 Å². The Kier molecular flexibility index (Phi) is 6.93. The summed E-state index contributed by atoms with van der Waals surface area (Å²) < 4.78 is 11.1. The standard InChI is InChI=1S/C21H25ClO6/c1-2-27-15-6-3-12(4-7-15)9-14-10-13(5-8-16(14)22)21-20(26)19(25)18(24)17(11-23)28-21/h3-8,10,17-21,23-26H,2,9,11H2,1H3/t17-,18-,19+,20-,21-/m0/s1. The lowest BCUT2D eigenvalue weighted by Gasteiger charge is -2.40. The van der Waals surface area contributed by atoms with Crippen molar-refractivity contribution in [1.29, 1.82) is 0 Å². The zero-order chi connectivity index (χ0) is 20.3. The number of aliphatic hydroxyl groups excluding tert-OH is 4. The van der Waals surface area contributed by atoms with Gasteiger partial charge in [0, 0.05) is 5.02 Å². The van der Waals surface area contributed by atoms with Gasteiger partial charge in [-0.1, -0.05) is 35.9 Å². The van der Waals surface area contributed by atoms with E-state index in [9.17, 15) is 20.4 Å². The molecule has 0 aromatic heterocycles. The quantitative estimate of drug-likeness (QED) is 0.582. The normalized spacial score (nSPS) is 27.6. The Bertz CT molecular complexity index is 779. The highest BCUT2D eigenvalue weighted by molar-refractivity contribution is 6.31. The van der Waals surface area contributed by atoms with Gasteiger partial charge in [-0.3, -0.25) is 0 Å². The highest BCUT2D eigenvalue weighted by Crippen LogP contribution is 2.34. The van der Waals surface area contributed by atoms with Gasteiger partial charge in [0.1, 0.15) is 36.3 Å². The number of halogens is 1. The van der Waals surface area contributed by atoms with Crippen molar-refractivity contribution in [2.75, 3.05) is 13.2 Å². The van der Waals surface area contributed by atoms with Crippen molar-refractivity contribution in [3.05, 3.63) is 64.2 Å². The van der Waals surface area contributed by atoms with E-state index in [-0.39, 0.29) is 0 Å². The molecule has 1 fully saturated rings. The average molecular weight is 409 g/mol. The van der Waals surface area contributed by atoms with Gasteiger partial charge in [-0.05, 0) is 48.2 Å². The number of benzene rings is 2. The summed E-state index contributed by atoms with van der Waals surface area (Å²) in [7, 11) is 0. The first kappa shape index (κ1) is 21.0. The lowest BCUT2D eigenvalue weighted by molar-refractivity contribution is -0.231. The molecule has 0 aliphatic carbocycles. The maximum absolute atomic E-state index is 10.3. The number of ether oxygens (including phenoxy) is 2. The zero-order valence-electron chi connectivity index (χ0n) is 15.5. The fraction of sp³-hybridized carbons (Fsp3) is 0.429. The molecule has 2 aromatic rings. The van der Waals surface area contributed by atoms with Gasteiger partial charge < -0.3 is 29.9 Å². The van der Waals surface area contributed by atoms with E-state index in [4.69, 9.17) is 21.1 Å². The molecular weight excluding hydrogens is 384 g/mol. The van der Waals surface area contributed by atoms with E-state index in [1.54, 1.807) is 12.1 Å². The van der Waals surface area contributed by atoms with Crippen LogP contribution in [0.1, 0.15) is 29.7 Å². The van der Waals surface area contributed by atoms with Crippen molar-refractivity contribution in [3.63, 3.8) is 0 Å². The molecule has 6 nitrogen and oxygen atoms in total. The smallest absolute Gasteiger partial charge is 0.119 e. The molecule has 0 unspecified atom stereocenters. The van der Waals surface area contributed by atoms with Crippen LogP contribution in [-0.4, -0.2) is 58.1 Å². The van der Waals surface area contributed by atoms with E-state index in [1.165, 1.54) is 0 Å². The Morgan fingerprint density at radius 3 is 2.36 bits per heavy atom. The molecule has 0 spiro atoms. The first-order chi connectivity index (χ1) is 13.4. The fourth-order valence-electron chi connectivity index (χ4n) is 3.37. The lowest BCUT2D eigenvalue weighted by Crippen LogP contribution is -2.55. The Labute approximate surface area is 168 Å². The largest absolute Gasteiger partial charge is 0.494 e. The molecule has 4 N–H and O–H groups in total. The van der Waals surface area contributed by atoms with Gasteiger partial charge in [-0.25, -0.2) is 0 Å². The summed E-state index contributed by atoms with van der Waals surface area (Å²) in [6.45, 7) is 2.07. The minimum atomic E-state index is -1.42. The van der Waals surface area contributed by atoms with Crippen LogP contribution in [0.4, 0.5) is 0 Å². The first-order valence-corrected chi connectivity index (χ1v) is 9.63. The molecule has 5 atom stereocenters. The predicted octanol–water partition coefficient (Wildman–Crippen LogP) is 1.84.